The third kappa shape index (κ3) is 2.81. The molecular weight excluding hydrogens is 220 g/mol. The smallest absolute Gasteiger partial charge is 0.357 e. The largest absolute Gasteiger partial charge is 0.464 e. The van der Waals surface area contributed by atoms with Gasteiger partial charge < -0.3 is 9.64 Å². The fourth-order valence-electron chi connectivity index (χ4n) is 1.26. The molecule has 17 heavy (non-hydrogen) atoms. The molecule has 0 N–H and O–H groups in total. The number of carbonyl (C=O) groups excluding carboxylic acids is 2. The van der Waals surface area contributed by atoms with Crippen molar-refractivity contribution < 1.29 is 14.3 Å². The van der Waals surface area contributed by atoms with Gasteiger partial charge in [0.25, 0.3) is 5.91 Å². The highest BCUT2D eigenvalue weighted by Gasteiger charge is 2.22. The first-order chi connectivity index (χ1) is 7.99. The van der Waals surface area contributed by atoms with Crippen LogP contribution in [-0.2, 0) is 4.74 Å². The van der Waals surface area contributed by atoms with Crippen LogP contribution >= 0.6 is 0 Å². The van der Waals surface area contributed by atoms with Gasteiger partial charge in [0.1, 0.15) is 0 Å². The zero-order chi connectivity index (χ0) is 13.0. The molecule has 1 aromatic heterocycles. The van der Waals surface area contributed by atoms with Crippen LogP contribution in [0.15, 0.2) is 18.3 Å². The maximum Gasteiger partial charge on any atom is 0.357 e. The first-order valence-electron chi connectivity index (χ1n) is 5.29. The van der Waals surface area contributed by atoms with Crippen molar-refractivity contribution in [1.29, 1.82) is 0 Å². The van der Waals surface area contributed by atoms with Crippen LogP contribution < -0.4 is 0 Å². The predicted octanol–water partition coefficient (Wildman–Crippen LogP) is 1.35. The molecule has 1 heterocycles. The maximum absolute atomic E-state index is 12.1. The third-order valence-corrected chi connectivity index (χ3v) is 2.51. The van der Waals surface area contributed by atoms with E-state index in [2.05, 4.69) is 9.72 Å². The van der Waals surface area contributed by atoms with Gasteiger partial charge in [-0.25, -0.2) is 9.78 Å². The topological polar surface area (TPSA) is 59.5 Å². The second-order valence-electron chi connectivity index (χ2n) is 3.90. The molecule has 0 bridgehead atoms. The van der Waals surface area contributed by atoms with Crippen LogP contribution in [0.1, 0.15) is 34.7 Å². The van der Waals surface area contributed by atoms with Crippen molar-refractivity contribution in [3.05, 3.63) is 29.6 Å². The lowest BCUT2D eigenvalue weighted by Crippen LogP contribution is -2.34. The normalized spacial score (nSPS) is 10.2. The molecule has 0 aliphatic carbocycles. The van der Waals surface area contributed by atoms with E-state index in [1.54, 1.807) is 24.1 Å². The zero-order valence-electron chi connectivity index (χ0n) is 10.4. The van der Waals surface area contributed by atoms with Gasteiger partial charge in [0.05, 0.1) is 12.7 Å². The minimum atomic E-state index is -0.605. The Labute approximate surface area is 100 Å². The van der Waals surface area contributed by atoms with Crippen LogP contribution in [0.5, 0.6) is 0 Å². The zero-order valence-corrected chi connectivity index (χ0v) is 10.4. The van der Waals surface area contributed by atoms with Gasteiger partial charge in [-0.1, -0.05) is 0 Å². The Bertz CT molecular complexity index is 430. The summed E-state index contributed by atoms with van der Waals surface area (Å²) in [5, 5.41) is 0. The highest BCUT2D eigenvalue weighted by atomic mass is 16.5. The minimum absolute atomic E-state index is 0.0486. The molecule has 1 amide bonds. The van der Waals surface area contributed by atoms with Gasteiger partial charge in [0.2, 0.25) is 0 Å². The van der Waals surface area contributed by atoms with Crippen molar-refractivity contribution in [2.75, 3.05) is 14.2 Å². The van der Waals surface area contributed by atoms with Crippen molar-refractivity contribution in [1.82, 2.24) is 9.88 Å². The van der Waals surface area contributed by atoms with Crippen molar-refractivity contribution >= 4 is 11.9 Å². The van der Waals surface area contributed by atoms with E-state index in [1.807, 2.05) is 13.8 Å². The van der Waals surface area contributed by atoms with E-state index in [1.165, 1.54) is 13.3 Å². The SMILES string of the molecule is COC(=O)c1ncccc1C(=O)N(C)C(C)C. The minimum Gasteiger partial charge on any atom is -0.464 e. The Morgan fingerprint density at radius 1 is 1.41 bits per heavy atom. The van der Waals surface area contributed by atoms with E-state index in [0.717, 1.165) is 0 Å². The molecule has 0 saturated heterocycles. The number of amides is 1. The molecule has 5 heteroatoms. The lowest BCUT2D eigenvalue weighted by atomic mass is 10.1. The van der Waals surface area contributed by atoms with E-state index < -0.39 is 5.97 Å². The summed E-state index contributed by atoms with van der Waals surface area (Å²) >= 11 is 0. The van der Waals surface area contributed by atoms with E-state index in [4.69, 9.17) is 0 Å². The molecule has 1 aromatic rings. The predicted molar refractivity (Wildman–Crippen MR) is 62.8 cm³/mol. The van der Waals surface area contributed by atoms with E-state index in [0.29, 0.717) is 0 Å². The molecule has 0 radical (unpaired) electrons. The van der Waals surface area contributed by atoms with Gasteiger partial charge in [0, 0.05) is 19.3 Å². The molecule has 1 rings (SSSR count). The van der Waals surface area contributed by atoms with Crippen LogP contribution in [0, 0.1) is 0 Å². The molecule has 92 valence electrons. The number of esters is 1. The second-order valence-corrected chi connectivity index (χ2v) is 3.90. The van der Waals surface area contributed by atoms with Crippen molar-refractivity contribution in [3.63, 3.8) is 0 Å². The summed E-state index contributed by atoms with van der Waals surface area (Å²) in [4.78, 5) is 29.0. The van der Waals surface area contributed by atoms with Crippen LogP contribution in [0.3, 0.4) is 0 Å². The Hall–Kier alpha value is -1.91. The molecule has 0 fully saturated rings. The fourth-order valence-corrected chi connectivity index (χ4v) is 1.26. The standard InChI is InChI=1S/C12H16N2O3/c1-8(2)14(3)11(15)9-6-5-7-13-10(9)12(16)17-4/h5-8H,1-4H3. The summed E-state index contributed by atoms with van der Waals surface area (Å²) in [7, 11) is 2.94. The van der Waals surface area contributed by atoms with Crippen LogP contribution in [0.2, 0.25) is 0 Å². The number of hydrogen-bond donors (Lipinski definition) is 0. The second kappa shape index (κ2) is 5.43. The van der Waals surface area contributed by atoms with Crippen LogP contribution in [-0.4, -0.2) is 42.0 Å². The molecular formula is C12H16N2O3. The number of rotatable bonds is 3. The molecule has 0 spiro atoms. The number of methoxy groups -OCH3 is 1. The average Bonchev–Trinajstić information content (AvgIpc) is 2.35. The van der Waals surface area contributed by atoms with Gasteiger partial charge in [-0.2, -0.15) is 0 Å². The lowest BCUT2D eigenvalue weighted by molar-refractivity contribution is 0.0582. The molecule has 0 aromatic carbocycles. The van der Waals surface area contributed by atoms with Crippen molar-refractivity contribution in [3.8, 4) is 0 Å². The average molecular weight is 236 g/mol. The highest BCUT2D eigenvalue weighted by Crippen LogP contribution is 2.11. The number of pyridine rings is 1. The molecule has 0 aliphatic heterocycles. The maximum atomic E-state index is 12.1. The lowest BCUT2D eigenvalue weighted by Gasteiger charge is -2.22. The Morgan fingerprint density at radius 2 is 2.06 bits per heavy atom. The van der Waals surface area contributed by atoms with Crippen molar-refractivity contribution in [2.24, 2.45) is 0 Å². The van der Waals surface area contributed by atoms with E-state index in [-0.39, 0.29) is 23.2 Å². The molecule has 0 saturated carbocycles. The van der Waals surface area contributed by atoms with Crippen molar-refractivity contribution in [2.45, 2.75) is 19.9 Å². The van der Waals surface area contributed by atoms with Crippen LogP contribution in [0.25, 0.3) is 0 Å². The van der Waals surface area contributed by atoms with Gasteiger partial charge in [0.15, 0.2) is 5.69 Å². The fraction of sp³-hybridized carbons (Fsp3) is 0.417. The third-order valence-electron chi connectivity index (χ3n) is 2.51. The number of carbonyl (C=O) groups is 2. The number of aromatic nitrogens is 1. The monoisotopic (exact) mass is 236 g/mol. The molecule has 5 nitrogen and oxygen atoms in total. The summed E-state index contributed by atoms with van der Waals surface area (Å²) < 4.78 is 4.60. The number of ether oxygens (including phenoxy) is 1. The first-order valence-corrected chi connectivity index (χ1v) is 5.29. The van der Waals surface area contributed by atoms with E-state index in [9.17, 15) is 9.59 Å². The Morgan fingerprint density at radius 3 is 2.59 bits per heavy atom. The summed E-state index contributed by atoms with van der Waals surface area (Å²) in [6.45, 7) is 3.79. The van der Waals surface area contributed by atoms with Gasteiger partial charge >= 0.3 is 5.97 Å². The summed E-state index contributed by atoms with van der Waals surface area (Å²) in [6, 6.07) is 3.24. The Kier molecular flexibility index (Phi) is 4.20. The van der Waals surface area contributed by atoms with E-state index >= 15 is 0 Å². The molecule has 0 atom stereocenters. The number of hydrogen-bond acceptors (Lipinski definition) is 4. The van der Waals surface area contributed by atoms with Gasteiger partial charge in [-0.3, -0.25) is 4.79 Å². The van der Waals surface area contributed by atoms with Gasteiger partial charge in [-0.15, -0.1) is 0 Å². The van der Waals surface area contributed by atoms with Crippen LogP contribution in [0.4, 0.5) is 0 Å². The quantitative estimate of drug-likeness (QED) is 0.743. The summed E-state index contributed by atoms with van der Waals surface area (Å²) in [5.41, 5.74) is 0.308. The highest BCUT2D eigenvalue weighted by molar-refractivity contribution is 6.04. The summed E-state index contributed by atoms with van der Waals surface area (Å²) in [5.74, 6) is -0.848. The molecule has 0 unspecified atom stereocenters. The first kappa shape index (κ1) is 13.2. The summed E-state index contributed by atoms with van der Waals surface area (Å²) in [6.07, 6.45) is 1.46. The number of nitrogens with zero attached hydrogens (tertiary/aromatic N) is 2. The van der Waals surface area contributed by atoms with Gasteiger partial charge in [-0.05, 0) is 26.0 Å². The Balaban J connectivity index is 3.14. The molecule has 0 aliphatic rings.